The molecular formula is C41H32N4Si. The van der Waals surface area contributed by atoms with Crippen LogP contribution in [0.2, 0.25) is 19.6 Å². The molecule has 0 amide bonds. The maximum absolute atomic E-state index is 9.32. The predicted molar refractivity (Wildman–Crippen MR) is 192 cm³/mol. The van der Waals surface area contributed by atoms with Crippen molar-refractivity contribution in [3.05, 3.63) is 145 Å². The van der Waals surface area contributed by atoms with Gasteiger partial charge in [0.15, 0.2) is 17.5 Å². The molecule has 0 unspecified atom stereocenters. The normalized spacial score (nSPS) is 11.3. The van der Waals surface area contributed by atoms with Gasteiger partial charge < -0.3 is 0 Å². The first-order chi connectivity index (χ1) is 22.3. The van der Waals surface area contributed by atoms with Crippen LogP contribution >= 0.6 is 0 Å². The first kappa shape index (κ1) is 29.0. The smallest absolute Gasteiger partial charge is 0.164 e. The first-order valence-corrected chi connectivity index (χ1v) is 18.9. The van der Waals surface area contributed by atoms with E-state index in [1.807, 2.05) is 30.3 Å². The van der Waals surface area contributed by atoms with Crippen LogP contribution in [0.15, 0.2) is 140 Å². The van der Waals surface area contributed by atoms with Gasteiger partial charge in [-0.25, -0.2) is 15.0 Å². The molecule has 4 nitrogen and oxygen atoms in total. The number of hydrogen-bond donors (Lipinski definition) is 0. The molecule has 0 saturated heterocycles. The Morgan fingerprint density at radius 2 is 0.913 bits per heavy atom. The minimum absolute atomic E-state index is 0.562. The van der Waals surface area contributed by atoms with Gasteiger partial charge in [0.25, 0.3) is 0 Å². The SMILES string of the molecule is C[Si](C)(C)c1ccc(-c2cccc(-c3cccc(-c4nc(-c5ccc(C#N)cc5)nc(-c5ccc6ccccc6c5)n4)c3)c2)cc1. The zero-order valence-corrected chi connectivity index (χ0v) is 27.1. The van der Waals surface area contributed by atoms with E-state index < -0.39 is 8.07 Å². The Morgan fingerprint density at radius 1 is 0.435 bits per heavy atom. The van der Waals surface area contributed by atoms with E-state index in [1.54, 1.807) is 12.1 Å². The van der Waals surface area contributed by atoms with Crippen molar-refractivity contribution in [2.45, 2.75) is 19.6 Å². The van der Waals surface area contributed by atoms with Crippen molar-refractivity contribution in [1.29, 1.82) is 5.26 Å². The summed E-state index contributed by atoms with van der Waals surface area (Å²) in [6, 6.07) is 50.2. The van der Waals surface area contributed by atoms with Crippen molar-refractivity contribution >= 4 is 24.0 Å². The van der Waals surface area contributed by atoms with Gasteiger partial charge >= 0.3 is 0 Å². The fraction of sp³-hybridized carbons (Fsp3) is 0.0732. The molecule has 7 aromatic rings. The molecule has 0 atom stereocenters. The number of hydrogen-bond acceptors (Lipinski definition) is 4. The van der Waals surface area contributed by atoms with Crippen molar-refractivity contribution < 1.29 is 0 Å². The summed E-state index contributed by atoms with van der Waals surface area (Å²) in [7, 11) is -1.36. The van der Waals surface area contributed by atoms with Crippen LogP contribution in [0.4, 0.5) is 0 Å². The Kier molecular flexibility index (Phi) is 7.58. The van der Waals surface area contributed by atoms with E-state index in [-0.39, 0.29) is 0 Å². The third-order valence-electron chi connectivity index (χ3n) is 8.32. The molecule has 1 heterocycles. The van der Waals surface area contributed by atoms with Gasteiger partial charge in [0.2, 0.25) is 0 Å². The minimum atomic E-state index is -1.36. The van der Waals surface area contributed by atoms with E-state index >= 15 is 0 Å². The predicted octanol–water partition coefficient (Wildman–Crippen LogP) is 9.78. The monoisotopic (exact) mass is 608 g/mol. The van der Waals surface area contributed by atoms with Crippen LogP contribution in [-0.2, 0) is 0 Å². The summed E-state index contributed by atoms with van der Waals surface area (Å²) in [5, 5.41) is 13.1. The molecule has 46 heavy (non-hydrogen) atoms. The van der Waals surface area contributed by atoms with E-state index in [9.17, 15) is 5.26 Å². The lowest BCUT2D eigenvalue weighted by Crippen LogP contribution is -2.37. The highest BCUT2D eigenvalue weighted by molar-refractivity contribution is 6.88. The Balaban J connectivity index is 1.30. The number of aromatic nitrogens is 3. The maximum atomic E-state index is 9.32. The molecule has 0 spiro atoms. The zero-order valence-electron chi connectivity index (χ0n) is 26.1. The quantitative estimate of drug-likeness (QED) is 0.176. The molecule has 0 bridgehead atoms. The lowest BCUT2D eigenvalue weighted by molar-refractivity contribution is 1.07. The molecule has 220 valence electrons. The lowest BCUT2D eigenvalue weighted by atomic mass is 9.98. The molecule has 0 aliphatic carbocycles. The van der Waals surface area contributed by atoms with Crippen LogP contribution in [0.1, 0.15) is 5.56 Å². The summed E-state index contributed by atoms with van der Waals surface area (Å²) >= 11 is 0. The molecule has 7 rings (SSSR count). The Labute approximate surface area is 270 Å². The van der Waals surface area contributed by atoms with Gasteiger partial charge in [0, 0.05) is 16.7 Å². The van der Waals surface area contributed by atoms with Crippen LogP contribution in [0.3, 0.4) is 0 Å². The lowest BCUT2D eigenvalue weighted by Gasteiger charge is -2.17. The van der Waals surface area contributed by atoms with Crippen LogP contribution < -0.4 is 5.19 Å². The van der Waals surface area contributed by atoms with E-state index in [0.717, 1.165) is 38.6 Å². The van der Waals surface area contributed by atoms with Gasteiger partial charge in [0.1, 0.15) is 0 Å². The van der Waals surface area contributed by atoms with Gasteiger partial charge in [-0.2, -0.15) is 5.26 Å². The van der Waals surface area contributed by atoms with E-state index in [2.05, 4.69) is 123 Å². The van der Waals surface area contributed by atoms with Gasteiger partial charge in [-0.15, -0.1) is 0 Å². The molecule has 1 aromatic heterocycles. The highest BCUT2D eigenvalue weighted by Gasteiger charge is 2.16. The average molecular weight is 609 g/mol. The molecule has 6 aromatic carbocycles. The highest BCUT2D eigenvalue weighted by Crippen LogP contribution is 2.31. The number of nitriles is 1. The molecule has 0 aliphatic rings. The van der Waals surface area contributed by atoms with Crippen LogP contribution in [0, 0.1) is 11.3 Å². The van der Waals surface area contributed by atoms with Crippen LogP contribution in [0.25, 0.3) is 67.2 Å². The Morgan fingerprint density at radius 3 is 1.52 bits per heavy atom. The summed E-state index contributed by atoms with van der Waals surface area (Å²) in [4.78, 5) is 14.8. The second kappa shape index (κ2) is 12.0. The summed E-state index contributed by atoms with van der Waals surface area (Å²) < 4.78 is 0. The van der Waals surface area contributed by atoms with E-state index in [1.165, 1.54) is 16.3 Å². The van der Waals surface area contributed by atoms with Gasteiger partial charge in [-0.1, -0.05) is 122 Å². The van der Waals surface area contributed by atoms with Crippen LogP contribution in [-0.4, -0.2) is 23.0 Å². The topological polar surface area (TPSA) is 62.5 Å². The highest BCUT2D eigenvalue weighted by atomic mass is 28.3. The summed E-state index contributed by atoms with van der Waals surface area (Å²) in [6.07, 6.45) is 0. The standard InChI is InChI=1S/C41H32N4Si/c1-46(2,3)38-22-20-30(21-23-38)33-10-6-11-34(24-33)35-12-7-13-36(26-35)40-43-39(31-16-14-28(27-42)15-17-31)44-41(45-40)37-19-18-29-8-4-5-9-32(29)25-37/h4-26H,1-3H3. The van der Waals surface area contributed by atoms with E-state index in [4.69, 9.17) is 15.0 Å². The molecule has 0 fully saturated rings. The first-order valence-electron chi connectivity index (χ1n) is 15.4. The van der Waals surface area contributed by atoms with Gasteiger partial charge in [-0.05, 0) is 75.5 Å². The Bertz CT molecular complexity index is 2240. The molecule has 0 N–H and O–H groups in total. The molecule has 0 saturated carbocycles. The van der Waals surface area contributed by atoms with Crippen molar-refractivity contribution in [2.75, 3.05) is 0 Å². The summed E-state index contributed by atoms with van der Waals surface area (Å²) in [5.74, 6) is 1.76. The molecule has 5 heteroatoms. The van der Waals surface area contributed by atoms with Crippen molar-refractivity contribution in [3.8, 4) is 62.5 Å². The van der Waals surface area contributed by atoms with Gasteiger partial charge in [-0.3, -0.25) is 0 Å². The van der Waals surface area contributed by atoms with Crippen molar-refractivity contribution in [1.82, 2.24) is 15.0 Å². The number of rotatable bonds is 6. The van der Waals surface area contributed by atoms with Gasteiger partial charge in [0.05, 0.1) is 19.7 Å². The fourth-order valence-corrected chi connectivity index (χ4v) is 6.83. The van der Waals surface area contributed by atoms with Crippen molar-refractivity contribution in [3.63, 3.8) is 0 Å². The summed E-state index contributed by atoms with van der Waals surface area (Å²) in [6.45, 7) is 7.13. The van der Waals surface area contributed by atoms with E-state index in [0.29, 0.717) is 23.0 Å². The zero-order chi connectivity index (χ0) is 31.7. The minimum Gasteiger partial charge on any atom is -0.208 e. The Hall–Kier alpha value is -5.70. The second-order valence-corrected chi connectivity index (χ2v) is 17.6. The number of benzene rings is 6. The summed E-state index contributed by atoms with van der Waals surface area (Å²) in [5.41, 5.74) is 7.86. The third kappa shape index (κ3) is 5.99. The van der Waals surface area contributed by atoms with Crippen molar-refractivity contribution in [2.24, 2.45) is 0 Å². The molecular weight excluding hydrogens is 577 g/mol. The molecule has 0 aliphatic heterocycles. The average Bonchev–Trinajstić information content (AvgIpc) is 3.11. The largest absolute Gasteiger partial charge is 0.208 e. The maximum Gasteiger partial charge on any atom is 0.164 e. The molecule has 0 radical (unpaired) electrons. The number of fused-ring (bicyclic) bond motifs is 1. The van der Waals surface area contributed by atoms with Crippen LogP contribution in [0.5, 0.6) is 0 Å². The number of nitrogens with zero attached hydrogens (tertiary/aromatic N) is 4. The fourth-order valence-electron chi connectivity index (χ4n) is 5.66. The second-order valence-electron chi connectivity index (χ2n) is 12.5. The third-order valence-corrected chi connectivity index (χ3v) is 10.4.